The summed E-state index contributed by atoms with van der Waals surface area (Å²) in [7, 11) is 0. The molecule has 0 saturated carbocycles. The highest BCUT2D eigenvalue weighted by molar-refractivity contribution is 9.10. The van der Waals surface area contributed by atoms with Gasteiger partial charge >= 0.3 is 12.3 Å². The highest BCUT2D eigenvalue weighted by Crippen LogP contribution is 2.24. The topological polar surface area (TPSA) is 146 Å². The molecule has 0 radical (unpaired) electrons. The summed E-state index contributed by atoms with van der Waals surface area (Å²) in [5.74, 6) is -3.70. The number of ether oxygens (including phenoxy) is 1. The van der Waals surface area contributed by atoms with Crippen LogP contribution in [0.1, 0.15) is 10.6 Å². The molecule has 0 saturated heterocycles. The minimum Gasteiger partial charge on any atom is -0.444 e. The number of anilines is 1. The fraction of sp³-hybridized carbons (Fsp3) is 0.111. The van der Waals surface area contributed by atoms with Crippen molar-refractivity contribution in [3.63, 3.8) is 0 Å². The largest absolute Gasteiger partial charge is 0.573 e. The molecule has 3 amide bonds. The molecule has 1 aromatic carbocycles. The van der Waals surface area contributed by atoms with Crippen molar-refractivity contribution >= 4 is 67.8 Å². The van der Waals surface area contributed by atoms with Crippen molar-refractivity contribution in [3.05, 3.63) is 46.8 Å². The van der Waals surface area contributed by atoms with E-state index in [2.05, 4.69) is 41.3 Å². The minimum absolute atomic E-state index is 0.0683. The van der Waals surface area contributed by atoms with Crippen molar-refractivity contribution in [1.82, 2.24) is 5.32 Å². The van der Waals surface area contributed by atoms with E-state index in [1.807, 2.05) is 0 Å². The van der Waals surface area contributed by atoms with Crippen LogP contribution in [0.3, 0.4) is 0 Å². The summed E-state index contributed by atoms with van der Waals surface area (Å²) in [6.45, 7) is 0. The molecule has 33 heavy (non-hydrogen) atoms. The summed E-state index contributed by atoms with van der Waals surface area (Å²) in [6.07, 6.45) is -4.83. The molecule has 0 atom stereocenters. The second kappa shape index (κ2) is 9.99. The van der Waals surface area contributed by atoms with Crippen molar-refractivity contribution in [1.29, 1.82) is 5.41 Å². The number of hydrogen-bond acceptors (Lipinski definition) is 7. The highest BCUT2D eigenvalue weighted by atomic mass is 79.9. The highest BCUT2D eigenvalue weighted by Gasteiger charge is 2.31. The number of alkyl halides is 3. The van der Waals surface area contributed by atoms with Gasteiger partial charge in [-0.05, 0) is 52.3 Å². The molecule has 10 nitrogen and oxygen atoms in total. The number of amidine groups is 2. The van der Waals surface area contributed by atoms with Crippen LogP contribution in [-0.4, -0.2) is 46.6 Å². The van der Waals surface area contributed by atoms with E-state index in [0.29, 0.717) is 0 Å². The number of nitrogens with zero attached hydrogens (tertiary/aromatic N) is 2. The van der Waals surface area contributed by atoms with E-state index in [1.165, 1.54) is 24.3 Å². The lowest BCUT2D eigenvalue weighted by molar-refractivity contribution is -0.274. The third-order valence-electron chi connectivity index (χ3n) is 3.58. The number of hydrogen-bond donors (Lipinski definition) is 3. The molecule has 0 spiro atoms. The van der Waals surface area contributed by atoms with Crippen LogP contribution in [0, 0.1) is 5.41 Å². The number of aliphatic imine (C=N–C) groups is 2. The summed E-state index contributed by atoms with van der Waals surface area (Å²) in [4.78, 5) is 43.6. The first-order chi connectivity index (χ1) is 15.5. The van der Waals surface area contributed by atoms with Crippen LogP contribution in [0.5, 0.6) is 5.75 Å². The van der Waals surface area contributed by atoms with E-state index >= 15 is 0 Å². The van der Waals surface area contributed by atoms with Gasteiger partial charge < -0.3 is 14.5 Å². The maximum atomic E-state index is 12.2. The maximum Gasteiger partial charge on any atom is 0.573 e. The van der Waals surface area contributed by atoms with Crippen molar-refractivity contribution < 1.29 is 36.7 Å². The standard InChI is InChI=1S/C18H11BrF3N5O5S/c19-11-6-5-10(31-11)15(29)25-13-14(23)26-17(27-16(13)30)33-7-12(28)24-8-1-3-9(4-2-8)32-18(20,21)22/h1-6H,7H2,(H,24,28)(H2,23,26,27,30). The minimum atomic E-state index is -4.83. The van der Waals surface area contributed by atoms with E-state index in [9.17, 15) is 27.6 Å². The predicted octanol–water partition coefficient (Wildman–Crippen LogP) is 3.36. The van der Waals surface area contributed by atoms with E-state index in [1.54, 1.807) is 0 Å². The van der Waals surface area contributed by atoms with Gasteiger partial charge in [0.05, 0.1) is 5.75 Å². The fourth-order valence-corrected chi connectivity index (χ4v) is 3.24. The van der Waals surface area contributed by atoms with Gasteiger partial charge in [-0.1, -0.05) is 11.8 Å². The lowest BCUT2D eigenvalue weighted by atomic mass is 10.3. The first-order valence-corrected chi connectivity index (χ1v) is 10.4. The van der Waals surface area contributed by atoms with Crippen LogP contribution >= 0.6 is 27.7 Å². The molecule has 1 aliphatic rings. The summed E-state index contributed by atoms with van der Waals surface area (Å²) >= 11 is 3.82. The fourth-order valence-electron chi connectivity index (χ4n) is 2.28. The lowest BCUT2D eigenvalue weighted by Crippen LogP contribution is -2.43. The van der Waals surface area contributed by atoms with Gasteiger partial charge in [-0.15, -0.1) is 13.2 Å². The number of thioether (sulfide) groups is 1. The molecule has 3 N–H and O–H groups in total. The molecule has 1 aliphatic heterocycles. The molecule has 0 unspecified atom stereocenters. The molecule has 1 aromatic heterocycles. The molecule has 2 heterocycles. The Hall–Kier alpha value is -3.46. The van der Waals surface area contributed by atoms with E-state index in [-0.39, 0.29) is 27.0 Å². The van der Waals surface area contributed by atoms with Gasteiger partial charge in [-0.2, -0.15) is 4.99 Å². The average Bonchev–Trinajstić information content (AvgIpc) is 3.16. The Balaban J connectivity index is 1.55. The summed E-state index contributed by atoms with van der Waals surface area (Å²) < 4.78 is 45.6. The lowest BCUT2D eigenvalue weighted by Gasteiger charge is -2.14. The molecule has 172 valence electrons. The van der Waals surface area contributed by atoms with Crippen LogP contribution in [0.25, 0.3) is 0 Å². The molecule has 3 rings (SSSR count). The zero-order valence-corrected chi connectivity index (χ0v) is 18.4. The van der Waals surface area contributed by atoms with Gasteiger partial charge in [0.2, 0.25) is 5.91 Å². The number of rotatable bonds is 5. The Morgan fingerprint density at radius 1 is 1.24 bits per heavy atom. The van der Waals surface area contributed by atoms with Crippen molar-refractivity contribution in [2.45, 2.75) is 6.36 Å². The Bertz CT molecular complexity index is 1180. The van der Waals surface area contributed by atoms with Gasteiger partial charge in [0, 0.05) is 5.69 Å². The van der Waals surface area contributed by atoms with E-state index in [4.69, 9.17) is 9.83 Å². The Labute approximate surface area is 195 Å². The SMILES string of the molecule is N=C1N=C(SCC(=O)Nc2ccc(OC(F)(F)F)cc2)NC(=O)C1=NC(=O)c1ccc(Br)o1. The van der Waals surface area contributed by atoms with Gasteiger partial charge in [-0.3, -0.25) is 25.1 Å². The quantitative estimate of drug-likeness (QED) is 0.525. The number of benzene rings is 1. The van der Waals surface area contributed by atoms with Gasteiger partial charge in [0.1, 0.15) is 5.75 Å². The second-order valence-electron chi connectivity index (χ2n) is 6.00. The van der Waals surface area contributed by atoms with Crippen molar-refractivity contribution in [2.24, 2.45) is 9.98 Å². The van der Waals surface area contributed by atoms with Crippen LogP contribution in [-0.2, 0) is 9.59 Å². The summed E-state index contributed by atoms with van der Waals surface area (Å²) in [6, 6.07) is 7.30. The Morgan fingerprint density at radius 2 is 1.94 bits per heavy atom. The van der Waals surface area contributed by atoms with Gasteiger partial charge in [-0.25, -0.2) is 4.99 Å². The van der Waals surface area contributed by atoms with Gasteiger partial charge in [0.15, 0.2) is 27.1 Å². The number of nitrogens with one attached hydrogen (secondary N) is 3. The second-order valence-corrected chi connectivity index (χ2v) is 7.74. The molecule has 15 heteroatoms. The van der Waals surface area contributed by atoms with Crippen LogP contribution in [0.15, 0.2) is 55.5 Å². The van der Waals surface area contributed by atoms with Crippen LogP contribution < -0.4 is 15.4 Å². The monoisotopic (exact) mass is 545 g/mol. The third kappa shape index (κ3) is 7.01. The predicted molar refractivity (Wildman–Crippen MR) is 116 cm³/mol. The Morgan fingerprint density at radius 3 is 2.52 bits per heavy atom. The third-order valence-corrected chi connectivity index (χ3v) is 4.88. The van der Waals surface area contributed by atoms with Crippen molar-refractivity contribution in [3.8, 4) is 5.75 Å². The first kappa shape index (κ1) is 24.2. The Kier molecular flexibility index (Phi) is 7.33. The number of amides is 3. The number of carbonyl (C=O) groups excluding carboxylic acids is 3. The van der Waals surface area contributed by atoms with E-state index in [0.717, 1.165) is 23.9 Å². The maximum absolute atomic E-state index is 12.2. The van der Waals surface area contributed by atoms with Crippen molar-refractivity contribution in [2.75, 3.05) is 11.1 Å². The molecule has 0 fully saturated rings. The molecule has 0 aliphatic carbocycles. The summed E-state index contributed by atoms with van der Waals surface area (Å²) in [5.41, 5.74) is -0.308. The number of carbonyl (C=O) groups is 3. The van der Waals surface area contributed by atoms with Crippen LogP contribution in [0.4, 0.5) is 18.9 Å². The smallest absolute Gasteiger partial charge is 0.444 e. The molecule has 2 aromatic rings. The molecule has 0 bridgehead atoms. The zero-order valence-electron chi connectivity index (χ0n) is 16.0. The molecular formula is C18H11BrF3N5O5S. The normalized spacial score (nSPS) is 15.2. The van der Waals surface area contributed by atoms with E-state index < -0.39 is 41.4 Å². The number of halogens is 4. The zero-order chi connectivity index (χ0) is 24.2. The first-order valence-electron chi connectivity index (χ1n) is 8.66. The van der Waals surface area contributed by atoms with Crippen LogP contribution in [0.2, 0.25) is 0 Å². The number of furan rings is 1. The summed E-state index contributed by atoms with van der Waals surface area (Å²) in [5, 5.41) is 12.5. The average molecular weight is 546 g/mol. The van der Waals surface area contributed by atoms with Gasteiger partial charge in [0.25, 0.3) is 5.91 Å². The molecular weight excluding hydrogens is 535 g/mol.